The molecule has 1 unspecified atom stereocenters. The first-order valence-corrected chi connectivity index (χ1v) is 11.0. The average molecular weight is 416 g/mol. The molecule has 1 saturated carbocycles. The fourth-order valence-corrected chi connectivity index (χ4v) is 4.22. The molecular formula is C21H25N3O4S. The van der Waals surface area contributed by atoms with Crippen LogP contribution in [0.5, 0.6) is 0 Å². The SMILES string of the molecule is CC(=O)NC(CC(=O)NCc1ccc(S(=O)(=O)NC2CC2)cc1)c1ccccc1. The smallest absolute Gasteiger partial charge is 0.240 e. The summed E-state index contributed by atoms with van der Waals surface area (Å²) in [6.07, 6.45) is 1.87. The van der Waals surface area contributed by atoms with Gasteiger partial charge in [-0.2, -0.15) is 0 Å². The zero-order valence-electron chi connectivity index (χ0n) is 16.2. The van der Waals surface area contributed by atoms with Gasteiger partial charge < -0.3 is 10.6 Å². The van der Waals surface area contributed by atoms with Crippen LogP contribution in [0, 0.1) is 0 Å². The minimum absolute atomic E-state index is 0.0557. The van der Waals surface area contributed by atoms with Crippen LogP contribution in [0.4, 0.5) is 0 Å². The third-order valence-electron chi connectivity index (χ3n) is 4.59. The number of rotatable bonds is 9. The first-order valence-electron chi connectivity index (χ1n) is 9.53. The number of carbonyl (C=O) groups is 2. The molecule has 1 aliphatic carbocycles. The molecule has 29 heavy (non-hydrogen) atoms. The Morgan fingerprint density at radius 3 is 2.28 bits per heavy atom. The van der Waals surface area contributed by atoms with Crippen molar-refractivity contribution in [1.82, 2.24) is 15.4 Å². The van der Waals surface area contributed by atoms with Crippen molar-refractivity contribution in [2.45, 2.75) is 49.7 Å². The van der Waals surface area contributed by atoms with E-state index in [9.17, 15) is 18.0 Å². The van der Waals surface area contributed by atoms with E-state index in [0.717, 1.165) is 24.0 Å². The number of hydrogen-bond acceptors (Lipinski definition) is 4. The number of amides is 2. The van der Waals surface area contributed by atoms with Gasteiger partial charge in [-0.25, -0.2) is 13.1 Å². The van der Waals surface area contributed by atoms with Crippen molar-refractivity contribution in [2.75, 3.05) is 0 Å². The summed E-state index contributed by atoms with van der Waals surface area (Å²) in [5.41, 5.74) is 1.65. The Hall–Kier alpha value is -2.71. The van der Waals surface area contributed by atoms with Gasteiger partial charge >= 0.3 is 0 Å². The van der Waals surface area contributed by atoms with Crippen molar-refractivity contribution >= 4 is 21.8 Å². The predicted molar refractivity (Wildman–Crippen MR) is 109 cm³/mol. The molecule has 2 aromatic carbocycles. The molecule has 0 aromatic heterocycles. The fraction of sp³-hybridized carbons (Fsp3) is 0.333. The maximum absolute atomic E-state index is 12.4. The van der Waals surface area contributed by atoms with Crippen LogP contribution in [-0.2, 0) is 26.2 Å². The van der Waals surface area contributed by atoms with Crippen LogP contribution < -0.4 is 15.4 Å². The molecule has 1 fully saturated rings. The zero-order valence-corrected chi connectivity index (χ0v) is 17.0. The lowest BCUT2D eigenvalue weighted by Crippen LogP contribution is -2.32. The molecule has 3 rings (SSSR count). The lowest BCUT2D eigenvalue weighted by Gasteiger charge is -2.18. The summed E-state index contributed by atoms with van der Waals surface area (Å²) in [4.78, 5) is 24.1. The Morgan fingerprint density at radius 2 is 1.69 bits per heavy atom. The maximum Gasteiger partial charge on any atom is 0.240 e. The van der Waals surface area contributed by atoms with E-state index in [-0.39, 0.29) is 35.7 Å². The Bertz CT molecular complexity index is 955. The highest BCUT2D eigenvalue weighted by Crippen LogP contribution is 2.22. The molecule has 154 valence electrons. The van der Waals surface area contributed by atoms with E-state index in [4.69, 9.17) is 0 Å². The largest absolute Gasteiger partial charge is 0.352 e. The van der Waals surface area contributed by atoms with E-state index < -0.39 is 16.1 Å². The summed E-state index contributed by atoms with van der Waals surface area (Å²) in [6.45, 7) is 1.69. The molecule has 1 aliphatic rings. The molecule has 2 amide bonds. The Labute approximate surface area is 171 Å². The van der Waals surface area contributed by atoms with Crippen LogP contribution in [0.15, 0.2) is 59.5 Å². The number of nitrogens with one attached hydrogen (secondary N) is 3. The van der Waals surface area contributed by atoms with Crippen LogP contribution in [0.2, 0.25) is 0 Å². The average Bonchev–Trinajstić information content (AvgIpc) is 3.50. The number of sulfonamides is 1. The molecule has 8 heteroatoms. The number of hydrogen-bond donors (Lipinski definition) is 3. The van der Waals surface area contributed by atoms with Gasteiger partial charge in [0.05, 0.1) is 17.4 Å². The maximum atomic E-state index is 12.4. The van der Waals surface area contributed by atoms with Gasteiger partial charge in [-0.1, -0.05) is 42.5 Å². The molecule has 3 N–H and O–H groups in total. The van der Waals surface area contributed by atoms with E-state index in [2.05, 4.69) is 15.4 Å². The van der Waals surface area contributed by atoms with E-state index >= 15 is 0 Å². The second kappa shape index (κ2) is 9.19. The van der Waals surface area contributed by atoms with Crippen molar-refractivity contribution in [3.8, 4) is 0 Å². The minimum atomic E-state index is -3.48. The third-order valence-corrected chi connectivity index (χ3v) is 6.13. The van der Waals surface area contributed by atoms with E-state index in [0.29, 0.717) is 0 Å². The van der Waals surface area contributed by atoms with Crippen LogP contribution in [0.3, 0.4) is 0 Å². The summed E-state index contributed by atoms with van der Waals surface area (Å²) >= 11 is 0. The Morgan fingerprint density at radius 1 is 1.03 bits per heavy atom. The van der Waals surface area contributed by atoms with Crippen LogP contribution in [0.25, 0.3) is 0 Å². The van der Waals surface area contributed by atoms with Gasteiger partial charge in [-0.3, -0.25) is 9.59 Å². The molecule has 0 heterocycles. The molecule has 0 aliphatic heterocycles. The molecule has 0 saturated heterocycles. The van der Waals surface area contributed by atoms with E-state index in [1.165, 1.54) is 19.1 Å². The highest BCUT2D eigenvalue weighted by Gasteiger charge is 2.27. The Kier molecular flexibility index (Phi) is 6.66. The summed E-state index contributed by atoms with van der Waals surface area (Å²) in [5.74, 6) is -0.414. The minimum Gasteiger partial charge on any atom is -0.352 e. The van der Waals surface area contributed by atoms with Crippen LogP contribution in [-0.4, -0.2) is 26.3 Å². The van der Waals surface area contributed by atoms with Crippen molar-refractivity contribution in [2.24, 2.45) is 0 Å². The molecular weight excluding hydrogens is 390 g/mol. The summed E-state index contributed by atoms with van der Waals surface area (Å²) < 4.78 is 27.0. The van der Waals surface area contributed by atoms with Gasteiger partial charge in [0.1, 0.15) is 0 Å². The molecule has 2 aromatic rings. The second-order valence-electron chi connectivity index (χ2n) is 7.18. The first kappa shape index (κ1) is 21.0. The van der Waals surface area contributed by atoms with Gasteiger partial charge in [0.2, 0.25) is 21.8 Å². The number of benzene rings is 2. The molecule has 0 radical (unpaired) electrons. The predicted octanol–water partition coefficient (Wildman–Crippen LogP) is 2.01. The molecule has 1 atom stereocenters. The van der Waals surface area contributed by atoms with Gasteiger partial charge in [-0.15, -0.1) is 0 Å². The lowest BCUT2D eigenvalue weighted by molar-refractivity contribution is -0.122. The second-order valence-corrected chi connectivity index (χ2v) is 8.90. The topological polar surface area (TPSA) is 104 Å². The van der Waals surface area contributed by atoms with Crippen molar-refractivity contribution in [1.29, 1.82) is 0 Å². The lowest BCUT2D eigenvalue weighted by atomic mass is 10.0. The highest BCUT2D eigenvalue weighted by atomic mass is 32.2. The molecule has 7 nitrogen and oxygen atoms in total. The highest BCUT2D eigenvalue weighted by molar-refractivity contribution is 7.89. The zero-order chi connectivity index (χ0) is 20.9. The van der Waals surface area contributed by atoms with Crippen LogP contribution >= 0.6 is 0 Å². The fourth-order valence-electron chi connectivity index (χ4n) is 2.92. The number of carbonyl (C=O) groups excluding carboxylic acids is 2. The van der Waals surface area contributed by atoms with Crippen molar-refractivity contribution in [3.05, 3.63) is 65.7 Å². The monoisotopic (exact) mass is 415 g/mol. The van der Waals surface area contributed by atoms with Crippen LogP contribution in [0.1, 0.15) is 43.4 Å². The van der Waals surface area contributed by atoms with E-state index in [1.807, 2.05) is 30.3 Å². The van der Waals surface area contributed by atoms with Gasteiger partial charge in [0.25, 0.3) is 0 Å². The standard InChI is InChI=1S/C21H25N3O4S/c1-15(25)23-20(17-5-3-2-4-6-17)13-21(26)22-14-16-7-11-19(12-8-16)29(27,28)24-18-9-10-18/h2-8,11-12,18,20,24H,9-10,13-14H2,1H3,(H,22,26)(H,23,25). The van der Waals surface area contributed by atoms with Gasteiger partial charge in [0.15, 0.2) is 0 Å². The third kappa shape index (κ3) is 6.40. The van der Waals surface area contributed by atoms with Crippen molar-refractivity contribution in [3.63, 3.8) is 0 Å². The Balaban J connectivity index is 1.55. The van der Waals surface area contributed by atoms with Crippen molar-refractivity contribution < 1.29 is 18.0 Å². The van der Waals surface area contributed by atoms with Gasteiger partial charge in [-0.05, 0) is 36.1 Å². The normalized spacial score (nSPS) is 14.8. The summed E-state index contributed by atoms with van der Waals surface area (Å²) in [6, 6.07) is 15.4. The van der Waals surface area contributed by atoms with Gasteiger partial charge in [0, 0.05) is 19.5 Å². The molecule has 0 bridgehead atoms. The molecule has 0 spiro atoms. The first-order chi connectivity index (χ1) is 13.8. The summed E-state index contributed by atoms with van der Waals surface area (Å²) in [7, 11) is -3.48. The van der Waals surface area contributed by atoms with E-state index in [1.54, 1.807) is 12.1 Å². The quantitative estimate of drug-likeness (QED) is 0.583. The summed E-state index contributed by atoms with van der Waals surface area (Å²) in [5, 5.41) is 5.61.